The molecule has 4 atom stereocenters. The number of amides is 2. The Labute approximate surface area is 139 Å². The van der Waals surface area contributed by atoms with Crippen molar-refractivity contribution in [2.45, 2.75) is 31.0 Å². The van der Waals surface area contributed by atoms with Gasteiger partial charge in [0.15, 0.2) is 12.0 Å². The molecule has 132 valence electrons. The number of urea groups is 1. The molecule has 1 fully saturated rings. The van der Waals surface area contributed by atoms with Crippen LogP contribution in [0.3, 0.4) is 0 Å². The Balaban J connectivity index is 1.95. The molecule has 25 heavy (non-hydrogen) atoms. The minimum Gasteiger partial charge on any atom is -0.394 e. The highest BCUT2D eigenvalue weighted by Gasteiger charge is 2.53. The highest BCUT2D eigenvalue weighted by atomic mass is 16.6. The van der Waals surface area contributed by atoms with Gasteiger partial charge in [-0.15, -0.1) is 0 Å². The molecule has 4 heterocycles. The van der Waals surface area contributed by atoms with Gasteiger partial charge in [0.05, 0.1) is 23.7 Å². The fourth-order valence-electron chi connectivity index (χ4n) is 3.20. The summed E-state index contributed by atoms with van der Waals surface area (Å²) in [6.07, 6.45) is -0.963. The number of hydrogen-bond acceptors (Lipinski definition) is 8. The lowest BCUT2D eigenvalue weighted by molar-refractivity contribution is -0.0954. The van der Waals surface area contributed by atoms with Gasteiger partial charge in [-0.1, -0.05) is 0 Å². The number of ether oxygens (including phenoxy) is 1. The van der Waals surface area contributed by atoms with Gasteiger partial charge in [0, 0.05) is 6.20 Å². The number of aliphatic hydroxyl groups is 3. The Kier molecular flexibility index (Phi) is 3.30. The van der Waals surface area contributed by atoms with Crippen molar-refractivity contribution in [2.75, 3.05) is 17.2 Å². The Hall–Kier alpha value is -2.60. The number of nitrogens with one attached hydrogen (secondary N) is 2. The Morgan fingerprint density at radius 1 is 1.40 bits per heavy atom. The molecular formula is C14H15N5O6. The van der Waals surface area contributed by atoms with Gasteiger partial charge < -0.3 is 24.6 Å². The van der Waals surface area contributed by atoms with Gasteiger partial charge >= 0.3 is 6.03 Å². The average Bonchev–Trinajstić information content (AvgIpc) is 2.94. The van der Waals surface area contributed by atoms with Crippen LogP contribution in [0, 0.1) is 0 Å². The van der Waals surface area contributed by atoms with Crippen LogP contribution in [0.4, 0.5) is 16.4 Å². The summed E-state index contributed by atoms with van der Waals surface area (Å²) < 4.78 is 6.97. The van der Waals surface area contributed by atoms with Gasteiger partial charge in [0.1, 0.15) is 23.6 Å². The Bertz CT molecular complexity index is 941. The molecule has 1 saturated heterocycles. The maximum atomic E-state index is 11.9. The molecule has 1 unspecified atom stereocenters. The molecule has 0 aromatic carbocycles. The maximum absolute atomic E-state index is 11.9. The van der Waals surface area contributed by atoms with E-state index < -0.39 is 42.2 Å². The third-order valence-corrected chi connectivity index (χ3v) is 4.44. The summed E-state index contributed by atoms with van der Waals surface area (Å²) >= 11 is 0. The van der Waals surface area contributed by atoms with Crippen LogP contribution in [-0.4, -0.2) is 60.3 Å². The van der Waals surface area contributed by atoms with Crippen LogP contribution in [-0.2, 0) is 4.74 Å². The first-order chi connectivity index (χ1) is 11.8. The number of rotatable bonds is 2. The minimum absolute atomic E-state index is 0.0342. The smallest absolute Gasteiger partial charge is 0.326 e. The minimum atomic E-state index is -1.74. The van der Waals surface area contributed by atoms with Crippen molar-refractivity contribution in [1.29, 1.82) is 0 Å². The summed E-state index contributed by atoms with van der Waals surface area (Å²) in [7, 11) is 0. The highest BCUT2D eigenvalue weighted by molar-refractivity contribution is 6.15. The Morgan fingerprint density at radius 2 is 2.16 bits per heavy atom. The SMILES string of the molecule is C[C@@]1(O)C(n2cc3ncc(=O)nc4c3c2NC(=O)N4)O[C@H](CO)[C@H]1O. The van der Waals surface area contributed by atoms with Crippen molar-refractivity contribution in [3.05, 3.63) is 22.7 Å². The van der Waals surface area contributed by atoms with E-state index in [1.54, 1.807) is 0 Å². The van der Waals surface area contributed by atoms with Gasteiger partial charge in [-0.25, -0.2) is 9.78 Å². The molecule has 2 aromatic rings. The standard InChI is InChI=1S/C14H15N5O6/c1-14(24)9(22)6(4-20)25-12(14)19-3-5-8-10(16-7(21)2-15-5)17-13(23)18-11(8)19/h2-3,6,9,12,20,22,24H,4H2,1H3,(H2,16,17,18,21,23)/t6-,9-,12?,14+/m1/s1. The lowest BCUT2D eigenvalue weighted by atomic mass is 9.96. The molecule has 0 aliphatic carbocycles. The van der Waals surface area contributed by atoms with E-state index in [0.717, 1.165) is 6.20 Å². The number of nitrogens with zero attached hydrogens (tertiary/aromatic N) is 3. The predicted octanol–water partition coefficient (Wildman–Crippen LogP) is -1.25. The zero-order valence-electron chi connectivity index (χ0n) is 13.0. The van der Waals surface area contributed by atoms with Crippen molar-refractivity contribution in [3.8, 4) is 0 Å². The van der Waals surface area contributed by atoms with Gasteiger partial charge in [0.2, 0.25) is 0 Å². The fraction of sp³-hybridized carbons (Fsp3) is 0.429. The third-order valence-electron chi connectivity index (χ3n) is 4.44. The summed E-state index contributed by atoms with van der Waals surface area (Å²) in [6.45, 7) is 0.873. The predicted molar refractivity (Wildman–Crippen MR) is 84.1 cm³/mol. The molecule has 2 aliphatic rings. The van der Waals surface area contributed by atoms with Crippen molar-refractivity contribution in [2.24, 2.45) is 0 Å². The van der Waals surface area contributed by atoms with E-state index in [2.05, 4.69) is 20.6 Å². The van der Waals surface area contributed by atoms with Crippen LogP contribution in [0.1, 0.15) is 13.2 Å². The first kappa shape index (κ1) is 15.9. The number of aromatic nitrogens is 3. The van der Waals surface area contributed by atoms with Crippen LogP contribution < -0.4 is 16.2 Å². The molecule has 11 heteroatoms. The van der Waals surface area contributed by atoms with E-state index in [0.29, 0.717) is 10.9 Å². The fourth-order valence-corrected chi connectivity index (χ4v) is 3.20. The highest BCUT2D eigenvalue weighted by Crippen LogP contribution is 2.43. The molecule has 4 rings (SSSR count). The van der Waals surface area contributed by atoms with Gasteiger partial charge in [-0.05, 0) is 6.92 Å². The van der Waals surface area contributed by atoms with E-state index in [4.69, 9.17) is 4.74 Å². The summed E-state index contributed by atoms with van der Waals surface area (Å²) in [5.41, 5.74) is -2.03. The number of carbonyl (C=O) groups is 1. The second-order valence-electron chi connectivity index (χ2n) is 6.16. The molecule has 11 nitrogen and oxygen atoms in total. The largest absolute Gasteiger partial charge is 0.394 e. The molecule has 2 aliphatic heterocycles. The first-order valence-electron chi connectivity index (χ1n) is 7.49. The topological polar surface area (TPSA) is 159 Å². The quantitative estimate of drug-likeness (QED) is 0.450. The zero-order chi connectivity index (χ0) is 17.9. The summed E-state index contributed by atoms with van der Waals surface area (Å²) in [4.78, 5) is 31.3. The van der Waals surface area contributed by atoms with E-state index in [-0.39, 0.29) is 11.6 Å². The Morgan fingerprint density at radius 3 is 2.84 bits per heavy atom. The second-order valence-corrected chi connectivity index (χ2v) is 6.16. The van der Waals surface area contributed by atoms with E-state index in [1.807, 2.05) is 0 Å². The van der Waals surface area contributed by atoms with Crippen molar-refractivity contribution >= 4 is 28.6 Å². The van der Waals surface area contributed by atoms with Crippen LogP contribution in [0.2, 0.25) is 0 Å². The van der Waals surface area contributed by atoms with Crippen molar-refractivity contribution in [1.82, 2.24) is 14.5 Å². The third kappa shape index (κ3) is 2.21. The molecule has 5 N–H and O–H groups in total. The maximum Gasteiger partial charge on any atom is 0.326 e. The molecule has 0 spiro atoms. The summed E-state index contributed by atoms with van der Waals surface area (Å²) in [5.74, 6) is 0.243. The average molecular weight is 349 g/mol. The zero-order valence-corrected chi connectivity index (χ0v) is 13.0. The molecule has 2 aromatic heterocycles. The van der Waals surface area contributed by atoms with E-state index in [9.17, 15) is 24.9 Å². The number of aliphatic hydroxyl groups excluding tert-OH is 2. The molecule has 0 bridgehead atoms. The van der Waals surface area contributed by atoms with Gasteiger partial charge in [0.25, 0.3) is 5.56 Å². The monoisotopic (exact) mass is 349 g/mol. The lowest BCUT2D eigenvalue weighted by Crippen LogP contribution is -2.44. The number of anilines is 2. The lowest BCUT2D eigenvalue weighted by Gasteiger charge is -2.29. The van der Waals surface area contributed by atoms with E-state index >= 15 is 0 Å². The second kappa shape index (κ2) is 5.20. The number of hydrogen-bond donors (Lipinski definition) is 5. The normalized spacial score (nSPS) is 31.0. The van der Waals surface area contributed by atoms with Crippen LogP contribution in [0.25, 0.3) is 10.9 Å². The van der Waals surface area contributed by atoms with Gasteiger partial charge in [-0.3, -0.25) is 15.4 Å². The summed E-state index contributed by atoms with van der Waals surface area (Å²) in [6, 6.07) is -0.622. The molecule has 0 saturated carbocycles. The van der Waals surface area contributed by atoms with Crippen LogP contribution in [0.5, 0.6) is 0 Å². The molecule has 2 amide bonds. The van der Waals surface area contributed by atoms with Gasteiger partial charge in [-0.2, -0.15) is 4.98 Å². The first-order valence-corrected chi connectivity index (χ1v) is 7.49. The number of carbonyl (C=O) groups excluding carboxylic acids is 1. The molecular weight excluding hydrogens is 334 g/mol. The van der Waals surface area contributed by atoms with Crippen LogP contribution >= 0.6 is 0 Å². The molecule has 0 radical (unpaired) electrons. The van der Waals surface area contributed by atoms with Crippen molar-refractivity contribution in [3.63, 3.8) is 0 Å². The van der Waals surface area contributed by atoms with E-state index in [1.165, 1.54) is 17.7 Å². The van der Waals surface area contributed by atoms with Crippen LogP contribution in [0.15, 0.2) is 17.2 Å². The summed E-state index contributed by atoms with van der Waals surface area (Å²) in [5, 5.41) is 35.5. The van der Waals surface area contributed by atoms with Crippen molar-refractivity contribution < 1.29 is 24.9 Å².